The molecular weight excluding hydrogens is 747 g/mol. The number of esters is 2. The van der Waals surface area contributed by atoms with Crippen molar-refractivity contribution in [3.63, 3.8) is 0 Å². The Morgan fingerprint density at radius 1 is 0.617 bits per heavy atom. The number of nitriles is 1. The molecule has 0 aromatic heterocycles. The second-order valence-electron chi connectivity index (χ2n) is 14.6. The molecule has 1 fully saturated rings. The summed E-state index contributed by atoms with van der Waals surface area (Å²) in [6, 6.07) is 43.4. The number of ether oxygens (including phenoxy) is 4. The lowest BCUT2D eigenvalue weighted by Gasteiger charge is -2.07. The van der Waals surface area contributed by atoms with Gasteiger partial charge in [-0.15, -0.1) is 0 Å². The van der Waals surface area contributed by atoms with Crippen LogP contribution in [0, 0.1) is 23.2 Å². The second-order valence-corrected chi connectivity index (χ2v) is 14.6. The van der Waals surface area contributed by atoms with Crippen molar-refractivity contribution in [3.05, 3.63) is 162 Å². The molecule has 0 aliphatic carbocycles. The van der Waals surface area contributed by atoms with E-state index in [4.69, 9.17) is 24.2 Å². The summed E-state index contributed by atoms with van der Waals surface area (Å²) in [6.45, 7) is 7.53. The van der Waals surface area contributed by atoms with Crippen molar-refractivity contribution >= 4 is 11.9 Å². The average molecular weight is 802 g/mol. The molecule has 1 aliphatic heterocycles. The molecule has 1 unspecified atom stereocenters. The van der Waals surface area contributed by atoms with Crippen molar-refractivity contribution in [3.8, 4) is 45.9 Å². The Hall–Kier alpha value is -6.41. The Bertz CT molecular complexity index is 2170. The van der Waals surface area contributed by atoms with E-state index in [2.05, 4.69) is 97.3 Å². The molecule has 7 heteroatoms. The summed E-state index contributed by atoms with van der Waals surface area (Å²) < 4.78 is 20.5. The number of epoxide rings is 1. The first-order chi connectivity index (χ1) is 29.4. The number of hydrogen-bond acceptors (Lipinski definition) is 7. The van der Waals surface area contributed by atoms with E-state index in [1.807, 2.05) is 55.5 Å². The van der Waals surface area contributed by atoms with E-state index in [-0.39, 0.29) is 18.0 Å². The number of hydrogen-bond donors (Lipinski definition) is 0. The van der Waals surface area contributed by atoms with E-state index in [0.717, 1.165) is 72.9 Å². The zero-order chi connectivity index (χ0) is 42.2. The van der Waals surface area contributed by atoms with Gasteiger partial charge < -0.3 is 18.9 Å². The summed E-state index contributed by atoms with van der Waals surface area (Å²) in [6.07, 6.45) is 11.6. The number of nitrogens with zero attached hydrogens (tertiary/aromatic N) is 1. The SMILES string of the molecule is C=CC(=O)OCCCCCc1ccc(-c2ccc(-c3ccc(C#N)cc3)cc2)cc1.CCOc1ccc(C#Cc2ccc(CCCCCCCOC(=O)C3CO3)cc2)cc1. The number of unbranched alkanes of at least 4 members (excludes halogenated alkanes) is 6. The maximum absolute atomic E-state index is 11.3. The first-order valence-corrected chi connectivity index (χ1v) is 21.0. The van der Waals surface area contributed by atoms with Crippen LogP contribution >= 0.6 is 0 Å². The molecule has 1 heterocycles. The van der Waals surface area contributed by atoms with Gasteiger partial charge in [0.2, 0.25) is 0 Å². The molecule has 0 bridgehead atoms. The minimum atomic E-state index is -0.351. The number of carbonyl (C=O) groups is 2. The van der Waals surface area contributed by atoms with Gasteiger partial charge in [0.15, 0.2) is 6.10 Å². The molecule has 0 N–H and O–H groups in total. The molecule has 1 aliphatic rings. The maximum atomic E-state index is 11.3. The quantitative estimate of drug-likeness (QED) is 0.0254. The molecule has 308 valence electrons. The van der Waals surface area contributed by atoms with Gasteiger partial charge in [-0.2, -0.15) is 5.26 Å². The fraction of sp³-hybridized carbons (Fsp3) is 0.302. The van der Waals surface area contributed by atoms with Gasteiger partial charge >= 0.3 is 11.9 Å². The van der Waals surface area contributed by atoms with Crippen molar-refractivity contribution in [2.75, 3.05) is 26.4 Å². The molecule has 0 spiro atoms. The number of aryl methyl sites for hydroxylation is 2. The van der Waals surface area contributed by atoms with Crippen LogP contribution in [0.1, 0.15) is 86.1 Å². The molecule has 5 aromatic rings. The van der Waals surface area contributed by atoms with Gasteiger partial charge in [-0.3, -0.25) is 0 Å². The molecule has 60 heavy (non-hydrogen) atoms. The lowest BCUT2D eigenvalue weighted by Crippen LogP contribution is -2.12. The largest absolute Gasteiger partial charge is 0.494 e. The molecule has 0 radical (unpaired) electrons. The van der Waals surface area contributed by atoms with Crippen LogP contribution in [0.25, 0.3) is 22.3 Å². The van der Waals surface area contributed by atoms with E-state index in [1.165, 1.54) is 47.6 Å². The summed E-state index contributed by atoms with van der Waals surface area (Å²) in [7, 11) is 0. The van der Waals surface area contributed by atoms with Crippen molar-refractivity contribution in [2.24, 2.45) is 0 Å². The smallest absolute Gasteiger partial charge is 0.337 e. The van der Waals surface area contributed by atoms with E-state index in [0.29, 0.717) is 32.0 Å². The molecule has 0 saturated carbocycles. The third kappa shape index (κ3) is 16.1. The molecule has 6 rings (SSSR count). The second kappa shape index (κ2) is 25.2. The van der Waals surface area contributed by atoms with Gasteiger partial charge in [0, 0.05) is 17.2 Å². The zero-order valence-corrected chi connectivity index (χ0v) is 34.7. The van der Waals surface area contributed by atoms with Crippen LogP contribution in [-0.4, -0.2) is 44.5 Å². The van der Waals surface area contributed by atoms with Crippen LogP contribution in [0.5, 0.6) is 5.75 Å². The molecule has 1 atom stereocenters. The standard InChI is InChI=1S/C27H25NO2.C26H30O4/c1-2-27(29)30-19-5-3-4-6-21-7-11-23(12-8-21)25-15-17-26(18-16-25)24-13-9-22(20-28)10-14-24;1-2-28-24-17-15-23(16-18-24)14-13-22-11-9-21(10-12-22)8-6-4-3-5-7-19-29-26(27)25-20-30-25/h2,7-18H,1,3-6,19H2;9-12,15-18,25H,2-8,19-20H2,1H3. The number of rotatable bonds is 20. The van der Waals surface area contributed by atoms with Crippen LogP contribution in [0.15, 0.2) is 134 Å². The van der Waals surface area contributed by atoms with Gasteiger partial charge in [-0.05, 0) is 134 Å². The van der Waals surface area contributed by atoms with Crippen LogP contribution in [0.2, 0.25) is 0 Å². The Kier molecular flexibility index (Phi) is 18.7. The van der Waals surface area contributed by atoms with E-state index < -0.39 is 0 Å². The first kappa shape index (κ1) is 44.7. The maximum Gasteiger partial charge on any atom is 0.337 e. The summed E-state index contributed by atoms with van der Waals surface area (Å²) in [4.78, 5) is 22.3. The predicted molar refractivity (Wildman–Crippen MR) is 238 cm³/mol. The minimum Gasteiger partial charge on any atom is -0.494 e. The van der Waals surface area contributed by atoms with Gasteiger partial charge in [-0.25, -0.2) is 9.59 Å². The van der Waals surface area contributed by atoms with Gasteiger partial charge in [0.1, 0.15) is 5.75 Å². The molecule has 1 saturated heterocycles. The summed E-state index contributed by atoms with van der Waals surface area (Å²) in [5, 5.41) is 8.92. The monoisotopic (exact) mass is 801 g/mol. The van der Waals surface area contributed by atoms with E-state index in [9.17, 15) is 9.59 Å². The third-order valence-electron chi connectivity index (χ3n) is 9.96. The molecule has 5 aromatic carbocycles. The zero-order valence-electron chi connectivity index (χ0n) is 34.7. The Morgan fingerprint density at radius 2 is 1.03 bits per heavy atom. The topological polar surface area (TPSA) is 98.2 Å². The predicted octanol–water partition coefficient (Wildman–Crippen LogP) is 11.3. The number of carbonyl (C=O) groups excluding carboxylic acids is 2. The van der Waals surface area contributed by atoms with Gasteiger partial charge in [0.05, 0.1) is 38.1 Å². The number of benzene rings is 5. The lowest BCUT2D eigenvalue weighted by atomic mass is 9.98. The summed E-state index contributed by atoms with van der Waals surface area (Å²) in [5.74, 6) is 6.74. The molecule has 0 amide bonds. The average Bonchev–Trinajstić information content (AvgIpc) is 4.15. The van der Waals surface area contributed by atoms with Crippen molar-refractivity contribution in [1.82, 2.24) is 0 Å². The van der Waals surface area contributed by atoms with Crippen molar-refractivity contribution in [1.29, 1.82) is 5.26 Å². The highest BCUT2D eigenvalue weighted by Crippen LogP contribution is 2.26. The van der Waals surface area contributed by atoms with Crippen LogP contribution in [-0.2, 0) is 36.6 Å². The van der Waals surface area contributed by atoms with Crippen LogP contribution in [0.4, 0.5) is 0 Å². The van der Waals surface area contributed by atoms with Crippen LogP contribution < -0.4 is 4.74 Å². The Labute approximate surface area is 356 Å². The van der Waals surface area contributed by atoms with E-state index >= 15 is 0 Å². The molecular formula is C53H55NO6. The van der Waals surface area contributed by atoms with Crippen molar-refractivity contribution < 1.29 is 28.5 Å². The van der Waals surface area contributed by atoms with Gasteiger partial charge in [0.25, 0.3) is 0 Å². The third-order valence-corrected chi connectivity index (χ3v) is 9.96. The van der Waals surface area contributed by atoms with E-state index in [1.54, 1.807) is 0 Å². The highest BCUT2D eigenvalue weighted by molar-refractivity contribution is 5.81. The summed E-state index contributed by atoms with van der Waals surface area (Å²) in [5.41, 5.74) is 9.97. The fourth-order valence-electron chi connectivity index (χ4n) is 6.41. The fourth-order valence-corrected chi connectivity index (χ4v) is 6.41. The lowest BCUT2D eigenvalue weighted by molar-refractivity contribution is -0.145. The van der Waals surface area contributed by atoms with Crippen molar-refractivity contribution in [2.45, 2.75) is 77.2 Å². The highest BCUT2D eigenvalue weighted by Gasteiger charge is 2.32. The highest BCUT2D eigenvalue weighted by atomic mass is 16.6. The Morgan fingerprint density at radius 3 is 1.53 bits per heavy atom. The minimum absolute atomic E-state index is 0.206. The van der Waals surface area contributed by atoms with Crippen LogP contribution in [0.3, 0.4) is 0 Å². The first-order valence-electron chi connectivity index (χ1n) is 21.0. The molecule has 7 nitrogen and oxygen atoms in total. The Balaban J connectivity index is 0.000000228. The normalized spacial score (nSPS) is 12.4. The van der Waals surface area contributed by atoms with Gasteiger partial charge in [-0.1, -0.05) is 110 Å². The summed E-state index contributed by atoms with van der Waals surface area (Å²) >= 11 is 0.